The Morgan fingerprint density at radius 3 is 2.61 bits per heavy atom. The van der Waals surface area contributed by atoms with Crippen LogP contribution in [0.5, 0.6) is 0 Å². The fourth-order valence-electron chi connectivity index (χ4n) is 2.59. The molecular formula is C16H13Cl2F3N6O. The van der Waals surface area contributed by atoms with Crippen LogP contribution < -0.4 is 5.32 Å². The normalized spacial score (nSPS) is 11.7. The molecule has 12 heteroatoms. The van der Waals surface area contributed by atoms with Crippen LogP contribution in [0.3, 0.4) is 0 Å². The van der Waals surface area contributed by atoms with Gasteiger partial charge in [0.15, 0.2) is 0 Å². The van der Waals surface area contributed by atoms with E-state index < -0.39 is 23.9 Å². The van der Waals surface area contributed by atoms with Gasteiger partial charge in [-0.05, 0) is 32.0 Å². The van der Waals surface area contributed by atoms with E-state index in [2.05, 4.69) is 20.5 Å². The standard InChI is InChI=1S/C16H13Cl2F3N6O/c1-7-10(6-13(28)22-15-23-14(24-25-15)16(19,20)21)8(2)27(26-7)12-4-3-9(17)5-11(12)18/h3-5H,6H2,1-2H3,(H2,22,23,24,25,28). The highest BCUT2D eigenvalue weighted by Crippen LogP contribution is 2.28. The summed E-state index contributed by atoms with van der Waals surface area (Å²) in [7, 11) is 0. The lowest BCUT2D eigenvalue weighted by Crippen LogP contribution is -2.16. The second kappa shape index (κ2) is 7.44. The van der Waals surface area contributed by atoms with E-state index in [0.717, 1.165) is 0 Å². The molecule has 2 aromatic heterocycles. The van der Waals surface area contributed by atoms with Crippen LogP contribution >= 0.6 is 23.2 Å². The summed E-state index contributed by atoms with van der Waals surface area (Å²) < 4.78 is 39.2. The van der Waals surface area contributed by atoms with E-state index >= 15 is 0 Å². The van der Waals surface area contributed by atoms with Crippen LogP contribution in [0.2, 0.25) is 10.0 Å². The zero-order valence-electron chi connectivity index (χ0n) is 14.5. The number of nitrogens with one attached hydrogen (secondary N) is 2. The summed E-state index contributed by atoms with van der Waals surface area (Å²) in [5.41, 5.74) is 2.42. The van der Waals surface area contributed by atoms with Gasteiger partial charge < -0.3 is 0 Å². The number of H-pyrrole nitrogens is 1. The molecule has 0 bridgehead atoms. The molecule has 3 rings (SSSR count). The minimum absolute atomic E-state index is 0.126. The second-order valence-corrected chi connectivity index (χ2v) is 6.73. The lowest BCUT2D eigenvalue weighted by molar-refractivity contribution is -0.144. The van der Waals surface area contributed by atoms with E-state index in [1.165, 1.54) is 0 Å². The molecule has 0 aliphatic rings. The van der Waals surface area contributed by atoms with E-state index in [4.69, 9.17) is 23.2 Å². The average Bonchev–Trinajstić information content (AvgIpc) is 3.15. The number of benzene rings is 1. The van der Waals surface area contributed by atoms with Gasteiger partial charge in [0.1, 0.15) is 0 Å². The molecule has 148 valence electrons. The first-order valence-corrected chi connectivity index (χ1v) is 8.62. The van der Waals surface area contributed by atoms with Crippen molar-refractivity contribution in [1.82, 2.24) is 25.0 Å². The van der Waals surface area contributed by atoms with Crippen molar-refractivity contribution in [2.45, 2.75) is 26.4 Å². The van der Waals surface area contributed by atoms with Crippen LogP contribution in [0.25, 0.3) is 5.69 Å². The molecule has 0 unspecified atom stereocenters. The molecule has 28 heavy (non-hydrogen) atoms. The number of carbonyl (C=O) groups excluding carboxylic acids is 1. The Kier molecular flexibility index (Phi) is 5.35. The van der Waals surface area contributed by atoms with E-state index in [-0.39, 0.29) is 6.42 Å². The third-order valence-corrected chi connectivity index (χ3v) is 4.46. The summed E-state index contributed by atoms with van der Waals surface area (Å²) in [5.74, 6) is -2.33. The minimum Gasteiger partial charge on any atom is -0.293 e. The number of alkyl halides is 3. The van der Waals surface area contributed by atoms with Crippen LogP contribution in [-0.2, 0) is 17.4 Å². The number of anilines is 1. The molecule has 0 atom stereocenters. The Morgan fingerprint density at radius 1 is 1.29 bits per heavy atom. The van der Waals surface area contributed by atoms with Gasteiger partial charge in [-0.15, -0.1) is 5.10 Å². The summed E-state index contributed by atoms with van der Waals surface area (Å²) in [6, 6.07) is 4.93. The first-order chi connectivity index (χ1) is 13.1. The fraction of sp³-hybridized carbons (Fsp3) is 0.250. The van der Waals surface area contributed by atoms with E-state index in [1.54, 1.807) is 41.8 Å². The van der Waals surface area contributed by atoms with Gasteiger partial charge in [0.05, 0.1) is 22.8 Å². The van der Waals surface area contributed by atoms with Gasteiger partial charge in [-0.3, -0.25) is 15.2 Å². The number of nitrogens with zero attached hydrogens (tertiary/aromatic N) is 4. The highest BCUT2D eigenvalue weighted by molar-refractivity contribution is 6.35. The Hall–Kier alpha value is -2.59. The molecule has 0 aliphatic carbocycles. The summed E-state index contributed by atoms with van der Waals surface area (Å²) in [6.45, 7) is 3.46. The number of amides is 1. The van der Waals surface area contributed by atoms with Gasteiger partial charge in [-0.1, -0.05) is 23.2 Å². The third kappa shape index (κ3) is 4.12. The van der Waals surface area contributed by atoms with Crippen LogP contribution in [-0.4, -0.2) is 30.9 Å². The Morgan fingerprint density at radius 2 is 2.00 bits per heavy atom. The molecule has 0 radical (unpaired) electrons. The predicted octanol–water partition coefficient (Wildman–Crippen LogP) is 4.11. The maximum atomic E-state index is 12.5. The number of carbonyl (C=O) groups is 1. The van der Waals surface area contributed by atoms with Crippen LogP contribution in [0.1, 0.15) is 22.8 Å². The van der Waals surface area contributed by atoms with Crippen molar-refractivity contribution in [3.05, 3.63) is 51.0 Å². The molecule has 1 aromatic carbocycles. The topological polar surface area (TPSA) is 88.5 Å². The number of rotatable bonds is 4. The molecule has 2 heterocycles. The summed E-state index contributed by atoms with van der Waals surface area (Å²) in [4.78, 5) is 15.4. The molecule has 1 amide bonds. The van der Waals surface area contributed by atoms with Crippen LogP contribution in [0.15, 0.2) is 18.2 Å². The maximum Gasteiger partial charge on any atom is 0.451 e. The van der Waals surface area contributed by atoms with E-state index in [0.29, 0.717) is 32.7 Å². The number of hydrogen-bond acceptors (Lipinski definition) is 4. The van der Waals surface area contributed by atoms with Crippen molar-refractivity contribution < 1.29 is 18.0 Å². The molecule has 0 saturated heterocycles. The summed E-state index contributed by atoms with van der Waals surface area (Å²) in [6.07, 6.45) is -4.80. The molecule has 3 aromatic rings. The number of hydrogen-bond donors (Lipinski definition) is 2. The first kappa shape index (κ1) is 20.2. The smallest absolute Gasteiger partial charge is 0.293 e. The van der Waals surface area contributed by atoms with Gasteiger partial charge in [-0.25, -0.2) is 4.68 Å². The molecule has 0 spiro atoms. The lowest BCUT2D eigenvalue weighted by atomic mass is 10.1. The van der Waals surface area contributed by atoms with Crippen molar-refractivity contribution in [2.24, 2.45) is 0 Å². The Bertz CT molecular complexity index is 1040. The number of aromatic nitrogens is 5. The zero-order chi connectivity index (χ0) is 20.6. The molecule has 0 saturated carbocycles. The number of halogens is 5. The molecule has 0 aliphatic heterocycles. The van der Waals surface area contributed by atoms with Gasteiger partial charge in [0, 0.05) is 16.3 Å². The van der Waals surface area contributed by atoms with E-state index in [9.17, 15) is 18.0 Å². The van der Waals surface area contributed by atoms with Crippen molar-refractivity contribution in [3.63, 3.8) is 0 Å². The molecular weight excluding hydrogens is 420 g/mol. The zero-order valence-corrected chi connectivity index (χ0v) is 16.0. The van der Waals surface area contributed by atoms with Crippen LogP contribution in [0.4, 0.5) is 19.1 Å². The van der Waals surface area contributed by atoms with Crippen molar-refractivity contribution in [3.8, 4) is 5.69 Å². The SMILES string of the molecule is Cc1nn(-c2ccc(Cl)cc2Cl)c(C)c1CC(=O)Nc1n[nH]c(C(F)(F)F)n1. The van der Waals surface area contributed by atoms with E-state index in [1.807, 2.05) is 0 Å². The van der Waals surface area contributed by atoms with Gasteiger partial charge in [-0.2, -0.15) is 23.3 Å². The maximum absolute atomic E-state index is 12.5. The lowest BCUT2D eigenvalue weighted by Gasteiger charge is -2.08. The molecule has 0 fully saturated rings. The summed E-state index contributed by atoms with van der Waals surface area (Å²) in [5, 5.41) is 12.6. The van der Waals surface area contributed by atoms with Crippen molar-refractivity contribution in [1.29, 1.82) is 0 Å². The minimum atomic E-state index is -4.68. The highest BCUT2D eigenvalue weighted by atomic mass is 35.5. The number of aryl methyl sites for hydroxylation is 1. The largest absolute Gasteiger partial charge is 0.451 e. The molecule has 2 N–H and O–H groups in total. The highest BCUT2D eigenvalue weighted by Gasteiger charge is 2.35. The Labute approximate surface area is 166 Å². The van der Waals surface area contributed by atoms with Crippen LogP contribution in [0, 0.1) is 13.8 Å². The van der Waals surface area contributed by atoms with Gasteiger partial charge in [0.25, 0.3) is 0 Å². The third-order valence-electron chi connectivity index (χ3n) is 3.92. The van der Waals surface area contributed by atoms with Crippen molar-refractivity contribution in [2.75, 3.05) is 5.32 Å². The quantitative estimate of drug-likeness (QED) is 0.648. The van der Waals surface area contributed by atoms with Crippen molar-refractivity contribution >= 4 is 35.1 Å². The van der Waals surface area contributed by atoms with Gasteiger partial charge >= 0.3 is 6.18 Å². The monoisotopic (exact) mass is 432 g/mol. The predicted molar refractivity (Wildman–Crippen MR) is 96.8 cm³/mol. The van der Waals surface area contributed by atoms with Gasteiger partial charge in [0.2, 0.25) is 17.7 Å². The Balaban J connectivity index is 1.80. The average molecular weight is 433 g/mol. The second-order valence-electron chi connectivity index (χ2n) is 5.89. The molecule has 7 nitrogen and oxygen atoms in total. The first-order valence-electron chi connectivity index (χ1n) is 7.86. The summed E-state index contributed by atoms with van der Waals surface area (Å²) >= 11 is 12.1. The fourth-order valence-corrected chi connectivity index (χ4v) is 3.08. The number of aromatic amines is 1.